The van der Waals surface area contributed by atoms with Crippen LogP contribution in [-0.2, 0) is 14.3 Å². The highest BCUT2D eigenvalue weighted by Crippen LogP contribution is 2.16. The van der Waals surface area contributed by atoms with E-state index in [1.165, 1.54) is 0 Å². The number of nitrogens with zero attached hydrogens (tertiary/aromatic N) is 2. The van der Waals surface area contributed by atoms with Crippen molar-refractivity contribution in [1.82, 2.24) is 9.80 Å². The lowest BCUT2D eigenvalue weighted by Crippen LogP contribution is -2.58. The van der Waals surface area contributed by atoms with E-state index in [9.17, 15) is 9.59 Å². The molecule has 2 fully saturated rings. The second kappa shape index (κ2) is 5.01. The van der Waals surface area contributed by atoms with Crippen LogP contribution in [0.25, 0.3) is 0 Å². The van der Waals surface area contributed by atoms with Crippen molar-refractivity contribution in [3.8, 4) is 0 Å². The number of ether oxygens (including phenoxy) is 1. The SMILES string of the molecule is CN1CC(=O)N(CC2CCCO2)CC1C(=O)O. The molecule has 2 rings (SSSR count). The smallest absolute Gasteiger partial charge is 0.322 e. The lowest BCUT2D eigenvalue weighted by molar-refractivity contribution is -0.151. The van der Waals surface area contributed by atoms with E-state index >= 15 is 0 Å². The van der Waals surface area contributed by atoms with Gasteiger partial charge in [0.15, 0.2) is 0 Å². The zero-order valence-corrected chi connectivity index (χ0v) is 9.96. The fourth-order valence-corrected chi connectivity index (χ4v) is 2.35. The molecule has 2 atom stereocenters. The molecule has 0 spiro atoms. The average Bonchev–Trinajstić information content (AvgIpc) is 2.74. The van der Waals surface area contributed by atoms with Gasteiger partial charge in [0.05, 0.1) is 12.6 Å². The van der Waals surface area contributed by atoms with Crippen LogP contribution in [0.1, 0.15) is 12.8 Å². The zero-order chi connectivity index (χ0) is 12.4. The first-order valence-electron chi connectivity index (χ1n) is 5.90. The molecule has 2 unspecified atom stereocenters. The molecule has 96 valence electrons. The van der Waals surface area contributed by atoms with Crippen LogP contribution in [0.3, 0.4) is 0 Å². The standard InChI is InChI=1S/C11H18N2O4/c1-12-7-10(14)13(6-9(12)11(15)16)5-8-3-2-4-17-8/h8-9H,2-7H2,1H3,(H,15,16). The summed E-state index contributed by atoms with van der Waals surface area (Å²) in [5, 5.41) is 9.06. The summed E-state index contributed by atoms with van der Waals surface area (Å²) < 4.78 is 5.47. The van der Waals surface area contributed by atoms with Crippen molar-refractivity contribution < 1.29 is 19.4 Å². The van der Waals surface area contributed by atoms with E-state index in [1.54, 1.807) is 16.8 Å². The van der Waals surface area contributed by atoms with Crippen molar-refractivity contribution in [2.75, 3.05) is 33.3 Å². The van der Waals surface area contributed by atoms with Gasteiger partial charge in [-0.15, -0.1) is 0 Å². The third kappa shape index (κ3) is 2.76. The summed E-state index contributed by atoms with van der Waals surface area (Å²) in [5.74, 6) is -0.891. The van der Waals surface area contributed by atoms with Gasteiger partial charge in [-0.25, -0.2) is 0 Å². The molecule has 1 N–H and O–H groups in total. The van der Waals surface area contributed by atoms with Crippen LogP contribution < -0.4 is 0 Å². The van der Waals surface area contributed by atoms with Crippen molar-refractivity contribution in [3.05, 3.63) is 0 Å². The Kier molecular flexibility index (Phi) is 3.63. The number of hydrogen-bond acceptors (Lipinski definition) is 4. The molecule has 1 amide bonds. The number of aliphatic carboxylic acids is 1. The predicted octanol–water partition coefficient (Wildman–Crippen LogP) is -0.607. The molecule has 0 aromatic carbocycles. The highest BCUT2D eigenvalue weighted by molar-refractivity contribution is 5.83. The Balaban J connectivity index is 1.96. The van der Waals surface area contributed by atoms with Crippen molar-refractivity contribution in [2.24, 2.45) is 0 Å². The van der Waals surface area contributed by atoms with Gasteiger partial charge in [0.2, 0.25) is 5.91 Å². The summed E-state index contributed by atoms with van der Waals surface area (Å²) in [5.41, 5.74) is 0. The molecule has 2 aliphatic heterocycles. The van der Waals surface area contributed by atoms with Gasteiger partial charge in [-0.05, 0) is 19.9 Å². The number of rotatable bonds is 3. The molecule has 2 aliphatic rings. The fourth-order valence-electron chi connectivity index (χ4n) is 2.35. The van der Waals surface area contributed by atoms with E-state index in [4.69, 9.17) is 9.84 Å². The second-order valence-corrected chi connectivity index (χ2v) is 4.70. The number of hydrogen-bond donors (Lipinski definition) is 1. The number of carboxylic acid groups (broad SMARTS) is 1. The van der Waals surface area contributed by atoms with Crippen molar-refractivity contribution in [1.29, 1.82) is 0 Å². The minimum absolute atomic E-state index is 0.0134. The topological polar surface area (TPSA) is 70.1 Å². The quantitative estimate of drug-likeness (QED) is 0.715. The lowest BCUT2D eigenvalue weighted by atomic mass is 10.1. The maximum Gasteiger partial charge on any atom is 0.322 e. The molecule has 0 aliphatic carbocycles. The average molecular weight is 242 g/mol. The molecule has 0 aromatic heterocycles. The number of piperazine rings is 1. The molecular formula is C11H18N2O4. The molecule has 17 heavy (non-hydrogen) atoms. The van der Waals surface area contributed by atoms with Gasteiger partial charge in [-0.3, -0.25) is 14.5 Å². The van der Waals surface area contributed by atoms with Crippen LogP contribution in [0.2, 0.25) is 0 Å². The zero-order valence-electron chi connectivity index (χ0n) is 9.96. The van der Waals surface area contributed by atoms with Crippen LogP contribution in [-0.4, -0.2) is 72.2 Å². The number of amides is 1. The Bertz CT molecular complexity index is 315. The third-order valence-electron chi connectivity index (χ3n) is 3.40. The first-order chi connectivity index (χ1) is 8.08. The van der Waals surface area contributed by atoms with Crippen molar-refractivity contribution in [2.45, 2.75) is 25.0 Å². The summed E-state index contributed by atoms with van der Waals surface area (Å²) in [4.78, 5) is 26.0. The number of carbonyl (C=O) groups is 2. The third-order valence-corrected chi connectivity index (χ3v) is 3.40. The highest BCUT2D eigenvalue weighted by Gasteiger charge is 2.35. The first kappa shape index (κ1) is 12.3. The lowest BCUT2D eigenvalue weighted by Gasteiger charge is -2.37. The van der Waals surface area contributed by atoms with Gasteiger partial charge >= 0.3 is 5.97 Å². The Hall–Kier alpha value is -1.14. The van der Waals surface area contributed by atoms with Gasteiger partial charge in [0.25, 0.3) is 0 Å². The van der Waals surface area contributed by atoms with E-state index in [0.29, 0.717) is 6.54 Å². The molecule has 6 heteroatoms. The minimum atomic E-state index is -0.877. The van der Waals surface area contributed by atoms with E-state index in [0.717, 1.165) is 19.4 Å². The summed E-state index contributed by atoms with van der Waals surface area (Å²) >= 11 is 0. The van der Waals surface area contributed by atoms with Crippen LogP contribution in [0.5, 0.6) is 0 Å². The van der Waals surface area contributed by atoms with Crippen LogP contribution in [0, 0.1) is 0 Å². The largest absolute Gasteiger partial charge is 0.480 e. The highest BCUT2D eigenvalue weighted by atomic mass is 16.5. The monoisotopic (exact) mass is 242 g/mol. The Morgan fingerprint density at radius 1 is 1.59 bits per heavy atom. The van der Waals surface area contributed by atoms with Gasteiger partial charge < -0.3 is 14.7 Å². The molecular weight excluding hydrogens is 224 g/mol. The molecule has 0 saturated carbocycles. The summed E-state index contributed by atoms with van der Waals surface area (Å²) in [6.45, 7) is 1.69. The van der Waals surface area contributed by atoms with E-state index < -0.39 is 12.0 Å². The van der Waals surface area contributed by atoms with Crippen LogP contribution >= 0.6 is 0 Å². The summed E-state index contributed by atoms with van der Waals surface area (Å²) in [6.07, 6.45) is 2.06. The fraction of sp³-hybridized carbons (Fsp3) is 0.818. The molecule has 0 bridgehead atoms. The van der Waals surface area contributed by atoms with Gasteiger partial charge in [0, 0.05) is 19.7 Å². The maximum absolute atomic E-state index is 11.8. The minimum Gasteiger partial charge on any atom is -0.480 e. The second-order valence-electron chi connectivity index (χ2n) is 4.70. The molecule has 2 saturated heterocycles. The summed E-state index contributed by atoms with van der Waals surface area (Å²) in [7, 11) is 1.67. The van der Waals surface area contributed by atoms with Crippen molar-refractivity contribution in [3.63, 3.8) is 0 Å². The predicted molar refractivity (Wildman–Crippen MR) is 59.6 cm³/mol. The van der Waals surface area contributed by atoms with Gasteiger partial charge in [-0.2, -0.15) is 0 Å². The van der Waals surface area contributed by atoms with Gasteiger partial charge in [-0.1, -0.05) is 0 Å². The van der Waals surface area contributed by atoms with Crippen LogP contribution in [0.15, 0.2) is 0 Å². The van der Waals surface area contributed by atoms with Crippen molar-refractivity contribution >= 4 is 11.9 Å². The number of likely N-dealkylation sites (N-methyl/N-ethyl adjacent to an activating group) is 1. The maximum atomic E-state index is 11.8. The number of carboxylic acids is 1. The molecule has 0 radical (unpaired) electrons. The Morgan fingerprint density at radius 3 is 2.94 bits per heavy atom. The van der Waals surface area contributed by atoms with E-state index in [-0.39, 0.29) is 25.1 Å². The van der Waals surface area contributed by atoms with E-state index in [2.05, 4.69) is 0 Å². The molecule has 2 heterocycles. The molecule has 6 nitrogen and oxygen atoms in total. The Labute approximate surface area is 100 Å². The van der Waals surface area contributed by atoms with E-state index in [1.807, 2.05) is 0 Å². The Morgan fingerprint density at radius 2 is 2.35 bits per heavy atom. The number of carbonyl (C=O) groups excluding carboxylic acids is 1. The summed E-state index contributed by atoms with van der Waals surface area (Å²) in [6, 6.07) is -0.603. The van der Waals surface area contributed by atoms with Gasteiger partial charge in [0.1, 0.15) is 6.04 Å². The van der Waals surface area contributed by atoms with Crippen LogP contribution in [0.4, 0.5) is 0 Å². The normalized spacial score (nSPS) is 30.9. The molecule has 0 aromatic rings. The first-order valence-corrected chi connectivity index (χ1v) is 5.90.